The molecule has 0 radical (unpaired) electrons. The second-order valence-electron chi connectivity index (χ2n) is 4.35. The highest BCUT2D eigenvalue weighted by Gasteiger charge is 1.94. The Morgan fingerprint density at radius 3 is 2.10 bits per heavy atom. The van der Waals surface area contributed by atoms with Gasteiger partial charge in [0.25, 0.3) is 0 Å². The molecule has 0 saturated carbocycles. The summed E-state index contributed by atoms with van der Waals surface area (Å²) >= 11 is 0. The molecular formula is C20H18. The largest absolute Gasteiger partial charge is 0.0991 e. The van der Waals surface area contributed by atoms with Gasteiger partial charge in [-0.05, 0) is 16.7 Å². The van der Waals surface area contributed by atoms with Crippen molar-refractivity contribution in [1.29, 1.82) is 0 Å². The Morgan fingerprint density at radius 2 is 1.45 bits per heavy atom. The van der Waals surface area contributed by atoms with E-state index in [1.54, 1.807) is 6.08 Å². The van der Waals surface area contributed by atoms with Gasteiger partial charge in [-0.25, -0.2) is 0 Å². The van der Waals surface area contributed by atoms with Gasteiger partial charge in [-0.2, -0.15) is 0 Å². The summed E-state index contributed by atoms with van der Waals surface area (Å²) in [5.74, 6) is 0. The van der Waals surface area contributed by atoms with Crippen molar-refractivity contribution in [3.8, 4) is 0 Å². The summed E-state index contributed by atoms with van der Waals surface area (Å²) in [4.78, 5) is 0. The van der Waals surface area contributed by atoms with Gasteiger partial charge in [0.05, 0.1) is 0 Å². The fourth-order valence-corrected chi connectivity index (χ4v) is 1.88. The minimum atomic E-state index is 1.16. The van der Waals surface area contributed by atoms with Crippen molar-refractivity contribution in [1.82, 2.24) is 0 Å². The van der Waals surface area contributed by atoms with Gasteiger partial charge in [0.15, 0.2) is 0 Å². The van der Waals surface area contributed by atoms with Crippen LogP contribution in [0.3, 0.4) is 0 Å². The standard InChI is InChI=1S/C20H18/c1-2-3-14-19(20-15-8-5-9-16-20)17-10-13-18-11-6-4-7-12-18/h2-17H,1H2. The quantitative estimate of drug-likeness (QED) is 0.619. The summed E-state index contributed by atoms with van der Waals surface area (Å²) in [6, 6.07) is 20.6. The summed E-state index contributed by atoms with van der Waals surface area (Å²) < 4.78 is 0. The summed E-state index contributed by atoms with van der Waals surface area (Å²) in [5.41, 5.74) is 3.56. The average Bonchev–Trinajstić information content (AvgIpc) is 2.52. The minimum Gasteiger partial charge on any atom is -0.0991 e. The van der Waals surface area contributed by atoms with E-state index in [9.17, 15) is 0 Å². The van der Waals surface area contributed by atoms with Crippen molar-refractivity contribution in [2.24, 2.45) is 0 Å². The first-order chi connectivity index (χ1) is 9.90. The highest BCUT2D eigenvalue weighted by atomic mass is 14.0. The third-order valence-electron chi connectivity index (χ3n) is 2.88. The van der Waals surface area contributed by atoms with Crippen LogP contribution in [0.4, 0.5) is 0 Å². The van der Waals surface area contributed by atoms with Crippen LogP contribution in [0.2, 0.25) is 0 Å². The third kappa shape index (κ3) is 4.25. The Hall–Kier alpha value is -2.60. The summed E-state index contributed by atoms with van der Waals surface area (Å²) in [5, 5.41) is 0. The zero-order chi connectivity index (χ0) is 14.0. The van der Waals surface area contributed by atoms with Gasteiger partial charge in [-0.3, -0.25) is 0 Å². The smallest absolute Gasteiger partial charge is 0.0184 e. The molecule has 0 heterocycles. The monoisotopic (exact) mass is 258 g/mol. The van der Waals surface area contributed by atoms with Gasteiger partial charge in [0.2, 0.25) is 0 Å². The molecule has 0 N–H and O–H groups in total. The number of rotatable bonds is 5. The molecule has 20 heavy (non-hydrogen) atoms. The van der Waals surface area contributed by atoms with E-state index in [-0.39, 0.29) is 0 Å². The molecule has 0 heteroatoms. The van der Waals surface area contributed by atoms with Crippen molar-refractivity contribution >= 4 is 11.6 Å². The van der Waals surface area contributed by atoms with Crippen LogP contribution in [0.5, 0.6) is 0 Å². The Balaban J connectivity index is 2.23. The van der Waals surface area contributed by atoms with Gasteiger partial charge in [0, 0.05) is 0 Å². The number of allylic oxidation sites excluding steroid dienone is 6. The van der Waals surface area contributed by atoms with Crippen molar-refractivity contribution in [3.05, 3.63) is 109 Å². The molecule has 0 fully saturated rings. The zero-order valence-corrected chi connectivity index (χ0v) is 11.4. The molecular weight excluding hydrogens is 240 g/mol. The number of hydrogen-bond acceptors (Lipinski definition) is 0. The van der Waals surface area contributed by atoms with Gasteiger partial charge < -0.3 is 0 Å². The highest BCUT2D eigenvalue weighted by molar-refractivity contribution is 5.76. The number of benzene rings is 2. The first kappa shape index (κ1) is 13.8. The molecule has 0 spiro atoms. The van der Waals surface area contributed by atoms with E-state index in [0.717, 1.165) is 5.57 Å². The molecule has 0 saturated heterocycles. The molecule has 98 valence electrons. The van der Waals surface area contributed by atoms with Crippen LogP contribution < -0.4 is 0 Å². The van der Waals surface area contributed by atoms with Crippen LogP contribution in [0, 0.1) is 0 Å². The summed E-state index contributed by atoms with van der Waals surface area (Å²) in [6.07, 6.45) is 12.1. The maximum Gasteiger partial charge on any atom is -0.0184 e. The molecule has 0 atom stereocenters. The summed E-state index contributed by atoms with van der Waals surface area (Å²) in [7, 11) is 0. The molecule has 2 aromatic carbocycles. The number of hydrogen-bond donors (Lipinski definition) is 0. The van der Waals surface area contributed by atoms with E-state index in [1.165, 1.54) is 11.1 Å². The normalized spacial score (nSPS) is 12.1. The van der Waals surface area contributed by atoms with E-state index in [2.05, 4.69) is 55.1 Å². The molecule has 2 rings (SSSR count). The molecule has 2 aromatic rings. The fourth-order valence-electron chi connectivity index (χ4n) is 1.88. The predicted octanol–water partition coefficient (Wildman–Crippen LogP) is 5.53. The van der Waals surface area contributed by atoms with Crippen molar-refractivity contribution in [2.45, 2.75) is 0 Å². The molecule has 0 bridgehead atoms. The topological polar surface area (TPSA) is 0 Å². The lowest BCUT2D eigenvalue weighted by molar-refractivity contribution is 1.62. The van der Waals surface area contributed by atoms with Crippen molar-refractivity contribution in [3.63, 3.8) is 0 Å². The molecule has 0 aliphatic heterocycles. The van der Waals surface area contributed by atoms with Crippen LogP contribution in [-0.2, 0) is 0 Å². The predicted molar refractivity (Wildman–Crippen MR) is 89.2 cm³/mol. The summed E-state index contributed by atoms with van der Waals surface area (Å²) in [6.45, 7) is 3.72. The molecule has 0 aliphatic rings. The maximum absolute atomic E-state index is 3.72. The Labute approximate surface area is 121 Å². The fraction of sp³-hybridized carbons (Fsp3) is 0. The SMILES string of the molecule is C=CC=CC(=CC=Cc1ccccc1)c1ccccc1. The van der Waals surface area contributed by atoms with Crippen LogP contribution in [0.25, 0.3) is 11.6 Å². The third-order valence-corrected chi connectivity index (χ3v) is 2.88. The highest BCUT2D eigenvalue weighted by Crippen LogP contribution is 2.16. The van der Waals surface area contributed by atoms with Crippen LogP contribution in [-0.4, -0.2) is 0 Å². The van der Waals surface area contributed by atoms with E-state index < -0.39 is 0 Å². The van der Waals surface area contributed by atoms with E-state index in [1.807, 2.05) is 42.5 Å². The van der Waals surface area contributed by atoms with Crippen molar-refractivity contribution in [2.75, 3.05) is 0 Å². The Morgan fingerprint density at radius 1 is 0.800 bits per heavy atom. The Bertz CT molecular complexity index is 614. The van der Waals surface area contributed by atoms with E-state index in [0.29, 0.717) is 0 Å². The average molecular weight is 258 g/mol. The second-order valence-corrected chi connectivity index (χ2v) is 4.35. The Kier molecular flexibility index (Phi) is 5.36. The molecule has 0 nitrogen and oxygen atoms in total. The second kappa shape index (κ2) is 7.75. The van der Waals surface area contributed by atoms with Gasteiger partial charge >= 0.3 is 0 Å². The maximum atomic E-state index is 3.72. The minimum absolute atomic E-state index is 1.16. The van der Waals surface area contributed by atoms with E-state index >= 15 is 0 Å². The first-order valence-electron chi connectivity index (χ1n) is 6.68. The lowest BCUT2D eigenvalue weighted by Gasteiger charge is -2.00. The molecule has 0 aliphatic carbocycles. The van der Waals surface area contributed by atoms with Crippen LogP contribution in [0.15, 0.2) is 97.6 Å². The molecule has 0 aromatic heterocycles. The van der Waals surface area contributed by atoms with Crippen molar-refractivity contribution < 1.29 is 0 Å². The van der Waals surface area contributed by atoms with Gasteiger partial charge in [-0.15, -0.1) is 0 Å². The zero-order valence-electron chi connectivity index (χ0n) is 11.4. The molecule has 0 unspecified atom stereocenters. The van der Waals surface area contributed by atoms with Gasteiger partial charge in [-0.1, -0.05) is 104 Å². The lowest BCUT2D eigenvalue weighted by Crippen LogP contribution is -1.79. The molecule has 0 amide bonds. The van der Waals surface area contributed by atoms with E-state index in [4.69, 9.17) is 0 Å². The van der Waals surface area contributed by atoms with Gasteiger partial charge in [0.1, 0.15) is 0 Å². The van der Waals surface area contributed by atoms with Crippen LogP contribution >= 0.6 is 0 Å². The first-order valence-corrected chi connectivity index (χ1v) is 6.68. The van der Waals surface area contributed by atoms with Crippen LogP contribution in [0.1, 0.15) is 11.1 Å². The lowest BCUT2D eigenvalue weighted by atomic mass is 10.0.